The first kappa shape index (κ1) is 23.6. The number of hydrogen-bond acceptors (Lipinski definition) is 5. The smallest absolute Gasteiger partial charge is 0.224 e. The van der Waals surface area contributed by atoms with Crippen LogP contribution in [0.2, 0.25) is 5.02 Å². The number of aryl methyl sites for hydroxylation is 3. The van der Waals surface area contributed by atoms with Crippen LogP contribution in [0.15, 0.2) is 42.5 Å². The number of nitrogens with one attached hydrogen (secondary N) is 1. The minimum Gasteiger partial charge on any atom is -0.495 e. The third kappa shape index (κ3) is 4.56. The Morgan fingerprint density at radius 3 is 2.44 bits per heavy atom. The Hall–Kier alpha value is -3.58. The molecule has 0 saturated carbocycles. The van der Waals surface area contributed by atoms with Gasteiger partial charge in [0, 0.05) is 23.1 Å². The Kier molecular flexibility index (Phi) is 6.75. The van der Waals surface area contributed by atoms with Crippen LogP contribution in [0.3, 0.4) is 0 Å². The van der Waals surface area contributed by atoms with Crippen molar-refractivity contribution in [2.24, 2.45) is 0 Å². The second-order valence-corrected chi connectivity index (χ2v) is 8.56. The number of benzene rings is 2. The molecule has 1 amide bonds. The average Bonchev–Trinajstić information content (AvgIpc) is 3.15. The Morgan fingerprint density at radius 2 is 1.79 bits per heavy atom. The minimum absolute atomic E-state index is 0.130. The van der Waals surface area contributed by atoms with Crippen LogP contribution in [-0.2, 0) is 11.2 Å². The largest absolute Gasteiger partial charge is 0.495 e. The van der Waals surface area contributed by atoms with Gasteiger partial charge in [-0.05, 0) is 63.1 Å². The molecule has 2 aromatic heterocycles. The molecule has 0 atom stereocenters. The van der Waals surface area contributed by atoms with E-state index in [0.29, 0.717) is 28.8 Å². The van der Waals surface area contributed by atoms with Crippen LogP contribution in [0.4, 0.5) is 5.69 Å². The van der Waals surface area contributed by atoms with Crippen LogP contribution in [-0.4, -0.2) is 34.9 Å². The molecule has 8 heteroatoms. The van der Waals surface area contributed by atoms with Crippen molar-refractivity contribution in [3.63, 3.8) is 0 Å². The molecule has 0 unspecified atom stereocenters. The van der Waals surface area contributed by atoms with Gasteiger partial charge in [0.1, 0.15) is 5.75 Å². The zero-order valence-electron chi connectivity index (χ0n) is 19.9. The maximum absolute atomic E-state index is 12.6. The predicted octanol–water partition coefficient (Wildman–Crippen LogP) is 5.59. The van der Waals surface area contributed by atoms with Crippen molar-refractivity contribution >= 4 is 34.2 Å². The highest BCUT2D eigenvalue weighted by atomic mass is 35.5. The lowest BCUT2D eigenvalue weighted by Gasteiger charge is -2.13. The summed E-state index contributed by atoms with van der Waals surface area (Å²) >= 11 is 6.16. The van der Waals surface area contributed by atoms with Crippen molar-refractivity contribution in [3.05, 3.63) is 69.9 Å². The van der Waals surface area contributed by atoms with Gasteiger partial charge in [-0.3, -0.25) is 4.79 Å². The molecule has 0 bridgehead atoms. The van der Waals surface area contributed by atoms with E-state index in [9.17, 15) is 4.79 Å². The van der Waals surface area contributed by atoms with Crippen molar-refractivity contribution in [2.45, 2.75) is 33.6 Å². The molecule has 4 aromatic rings. The summed E-state index contributed by atoms with van der Waals surface area (Å²) in [5, 5.41) is 9.03. The summed E-state index contributed by atoms with van der Waals surface area (Å²) in [6, 6.07) is 13.3. The van der Waals surface area contributed by atoms with E-state index in [1.165, 1.54) is 5.56 Å². The molecule has 0 aliphatic rings. The molecule has 2 aromatic carbocycles. The fraction of sp³-hybridized carbons (Fsp3) is 0.269. The van der Waals surface area contributed by atoms with Crippen LogP contribution in [0.1, 0.15) is 28.8 Å². The summed E-state index contributed by atoms with van der Waals surface area (Å²) in [6.45, 7) is 6.04. The lowest BCUT2D eigenvalue weighted by atomic mass is 10.0. The molecule has 2 heterocycles. The maximum atomic E-state index is 12.6. The summed E-state index contributed by atoms with van der Waals surface area (Å²) in [4.78, 5) is 17.4. The normalized spacial score (nSPS) is 11.0. The summed E-state index contributed by atoms with van der Waals surface area (Å²) in [5.74, 6) is 0.925. The first-order valence-electron chi connectivity index (χ1n) is 11.0. The number of aromatic nitrogens is 3. The monoisotopic (exact) mass is 478 g/mol. The molecule has 176 valence electrons. The zero-order valence-corrected chi connectivity index (χ0v) is 20.7. The SMILES string of the molecule is COc1ccc(NC(=O)CCc2c(OC)nc3c(c(C)nn3-c3ccc(C)cc3)c2C)cc1Cl. The predicted molar refractivity (Wildman–Crippen MR) is 135 cm³/mol. The van der Waals surface area contributed by atoms with E-state index in [-0.39, 0.29) is 12.3 Å². The molecule has 0 saturated heterocycles. The maximum Gasteiger partial charge on any atom is 0.224 e. The first-order valence-corrected chi connectivity index (χ1v) is 11.3. The summed E-state index contributed by atoms with van der Waals surface area (Å²) in [5.41, 5.74) is 6.24. The Balaban J connectivity index is 1.61. The van der Waals surface area contributed by atoms with Crippen molar-refractivity contribution in [2.75, 3.05) is 19.5 Å². The molecule has 4 rings (SSSR count). The van der Waals surface area contributed by atoms with E-state index in [1.54, 1.807) is 32.4 Å². The lowest BCUT2D eigenvalue weighted by Crippen LogP contribution is -2.13. The van der Waals surface area contributed by atoms with Gasteiger partial charge in [0.2, 0.25) is 11.8 Å². The number of methoxy groups -OCH3 is 2. The average molecular weight is 479 g/mol. The van der Waals surface area contributed by atoms with Gasteiger partial charge in [0.05, 0.1) is 30.6 Å². The van der Waals surface area contributed by atoms with E-state index in [0.717, 1.165) is 33.5 Å². The molecule has 0 spiro atoms. The van der Waals surface area contributed by atoms with Crippen molar-refractivity contribution in [1.82, 2.24) is 14.8 Å². The first-order chi connectivity index (χ1) is 16.3. The number of amides is 1. The number of hydrogen-bond donors (Lipinski definition) is 1. The molecule has 0 radical (unpaired) electrons. The molecular formula is C26H27ClN4O3. The van der Waals surface area contributed by atoms with Gasteiger partial charge in [0.25, 0.3) is 0 Å². The van der Waals surface area contributed by atoms with Crippen LogP contribution < -0.4 is 14.8 Å². The minimum atomic E-state index is -0.130. The van der Waals surface area contributed by atoms with Gasteiger partial charge < -0.3 is 14.8 Å². The standard InChI is InChI=1S/C26H27ClN4O3/c1-15-6-9-19(10-7-15)31-25-24(17(3)30-31)16(2)20(26(29-25)34-5)11-13-23(32)28-18-8-12-22(33-4)21(27)14-18/h6-10,12,14H,11,13H2,1-5H3,(H,28,32). The number of fused-ring (bicyclic) bond motifs is 1. The Bertz CT molecular complexity index is 1360. The highest BCUT2D eigenvalue weighted by Gasteiger charge is 2.20. The third-order valence-corrected chi connectivity index (χ3v) is 6.13. The summed E-state index contributed by atoms with van der Waals surface area (Å²) in [6.07, 6.45) is 0.738. The van der Waals surface area contributed by atoms with E-state index in [2.05, 4.69) is 5.32 Å². The van der Waals surface area contributed by atoms with Gasteiger partial charge in [-0.25, -0.2) is 4.68 Å². The third-order valence-electron chi connectivity index (χ3n) is 5.84. The molecule has 7 nitrogen and oxygen atoms in total. The summed E-state index contributed by atoms with van der Waals surface area (Å²) in [7, 11) is 3.14. The van der Waals surface area contributed by atoms with Crippen molar-refractivity contribution in [1.29, 1.82) is 0 Å². The van der Waals surface area contributed by atoms with E-state index >= 15 is 0 Å². The molecule has 1 N–H and O–H groups in total. The highest BCUT2D eigenvalue weighted by Crippen LogP contribution is 2.32. The Morgan fingerprint density at radius 1 is 1.06 bits per heavy atom. The fourth-order valence-corrected chi connectivity index (χ4v) is 4.33. The highest BCUT2D eigenvalue weighted by molar-refractivity contribution is 6.32. The van der Waals surface area contributed by atoms with Gasteiger partial charge in [-0.15, -0.1) is 0 Å². The quantitative estimate of drug-likeness (QED) is 0.374. The lowest BCUT2D eigenvalue weighted by molar-refractivity contribution is -0.116. The second-order valence-electron chi connectivity index (χ2n) is 8.15. The number of carbonyl (C=O) groups is 1. The van der Waals surface area contributed by atoms with E-state index in [4.69, 9.17) is 31.2 Å². The molecule has 0 fully saturated rings. The number of halogens is 1. The molecule has 0 aliphatic carbocycles. The number of anilines is 1. The van der Waals surface area contributed by atoms with Gasteiger partial charge in [-0.1, -0.05) is 29.3 Å². The molecule has 34 heavy (non-hydrogen) atoms. The van der Waals surface area contributed by atoms with Crippen LogP contribution in [0, 0.1) is 20.8 Å². The van der Waals surface area contributed by atoms with Gasteiger partial charge in [-0.2, -0.15) is 10.1 Å². The van der Waals surface area contributed by atoms with Crippen LogP contribution in [0.25, 0.3) is 16.7 Å². The molecule has 0 aliphatic heterocycles. The van der Waals surface area contributed by atoms with Gasteiger partial charge in [0.15, 0.2) is 5.65 Å². The molecular weight excluding hydrogens is 452 g/mol. The second kappa shape index (κ2) is 9.73. The van der Waals surface area contributed by atoms with E-state index in [1.807, 2.05) is 49.7 Å². The summed E-state index contributed by atoms with van der Waals surface area (Å²) < 4.78 is 12.6. The number of carbonyl (C=O) groups excluding carboxylic acids is 1. The van der Waals surface area contributed by atoms with E-state index < -0.39 is 0 Å². The Labute approximate surface area is 203 Å². The number of ether oxygens (including phenoxy) is 2. The number of nitrogens with zero attached hydrogens (tertiary/aromatic N) is 3. The van der Waals surface area contributed by atoms with Crippen molar-refractivity contribution < 1.29 is 14.3 Å². The van der Waals surface area contributed by atoms with Gasteiger partial charge >= 0.3 is 0 Å². The number of rotatable bonds is 7. The topological polar surface area (TPSA) is 78.3 Å². The number of pyridine rings is 1. The van der Waals surface area contributed by atoms with Crippen LogP contribution >= 0.6 is 11.6 Å². The zero-order chi connectivity index (χ0) is 24.4. The van der Waals surface area contributed by atoms with Crippen molar-refractivity contribution in [3.8, 4) is 17.3 Å². The van der Waals surface area contributed by atoms with Crippen LogP contribution in [0.5, 0.6) is 11.6 Å². The fourth-order valence-electron chi connectivity index (χ4n) is 4.07.